The summed E-state index contributed by atoms with van der Waals surface area (Å²) in [5, 5.41) is 0. The highest BCUT2D eigenvalue weighted by atomic mass is 31.2. The lowest BCUT2D eigenvalue weighted by atomic mass is 9.89. The molecule has 0 saturated carbocycles. The highest BCUT2D eigenvalue weighted by molar-refractivity contribution is 7.48. The quantitative estimate of drug-likeness (QED) is 0.0768. The van der Waals surface area contributed by atoms with Gasteiger partial charge >= 0.3 is 71.3 Å². The van der Waals surface area contributed by atoms with Gasteiger partial charge in [-0.2, -0.15) is 110 Å². The molecule has 0 fully saturated rings. The lowest BCUT2D eigenvalue weighted by Crippen LogP contribution is -3.11. The standard InChI is InChI=1S/C16H8F25O3P.2C6H15N/c17-5(18,1-2-6(19,20)9(25,26)13(33,34)14(35,36)15(37,38)16(39,40)41)8(23,24)11(29,30)12(31,32)10(27,28)7(21,22)3-4-45(42,43)44;2*1-4-7(5-2)6-3/h1-2H,3-4H2,(H2,42,43,44);2*4-6H2,1-3H3. The lowest BCUT2D eigenvalue weighted by molar-refractivity contribution is -0.894. The Morgan fingerprint density at radius 3 is 0.797 bits per heavy atom. The van der Waals surface area contributed by atoms with Crippen LogP contribution < -0.4 is 19.6 Å². The molecule has 0 aliphatic heterocycles. The number of hydrogen-bond donors (Lipinski definition) is 2. The molecule has 0 atom stereocenters. The van der Waals surface area contributed by atoms with Crippen molar-refractivity contribution in [3.05, 3.63) is 12.2 Å². The second-order valence-electron chi connectivity index (χ2n) is 12.1. The Balaban J connectivity index is -0.00000189. The van der Waals surface area contributed by atoms with Gasteiger partial charge in [-0.25, -0.2) is 0 Å². The predicted molar refractivity (Wildman–Crippen MR) is 152 cm³/mol. The Bertz CT molecular complexity index is 1330. The van der Waals surface area contributed by atoms with Crippen LogP contribution in [0.3, 0.4) is 0 Å². The molecule has 0 bridgehead atoms. The van der Waals surface area contributed by atoms with E-state index in [4.69, 9.17) is 0 Å². The lowest BCUT2D eigenvalue weighted by Gasteiger charge is -2.41. The van der Waals surface area contributed by atoms with Gasteiger partial charge in [0.25, 0.3) is 0 Å². The first-order chi connectivity index (χ1) is 25.6. The third-order valence-electron chi connectivity index (χ3n) is 8.22. The molecule has 0 aromatic carbocycles. The maximum absolute atomic E-state index is 13.7. The first-order valence-electron chi connectivity index (χ1n) is 16.2. The van der Waals surface area contributed by atoms with Gasteiger partial charge in [0.2, 0.25) is 0 Å². The summed E-state index contributed by atoms with van der Waals surface area (Å²) in [6.45, 7) is 21.0. The van der Waals surface area contributed by atoms with Crippen LogP contribution in [0, 0.1) is 0 Å². The van der Waals surface area contributed by atoms with Gasteiger partial charge in [-0.3, -0.25) is 0 Å². The van der Waals surface area contributed by atoms with E-state index in [0.29, 0.717) is 0 Å². The molecule has 0 aromatic rings. The molecule has 2 N–H and O–H groups in total. The van der Waals surface area contributed by atoms with Crippen LogP contribution in [0.2, 0.25) is 0 Å². The molecule has 0 rings (SSSR count). The number of nitrogens with one attached hydrogen (secondary N) is 2. The van der Waals surface area contributed by atoms with Crippen LogP contribution in [-0.4, -0.2) is 117 Å². The summed E-state index contributed by atoms with van der Waals surface area (Å²) in [7, 11) is -6.42. The van der Waals surface area contributed by atoms with Crippen molar-refractivity contribution in [3.8, 4) is 0 Å². The SMILES string of the molecule is CC[NH+](CC)CC.CC[NH+](CC)CC.O=P([O-])([O-])CCC(F)(F)C(F)(F)C(F)(F)C(F)(F)C(F)(F)C(F)(F)C=CC(F)(F)C(F)(F)C(F)(F)C(F)(F)C(F)(F)C(F)(F)F. The summed E-state index contributed by atoms with van der Waals surface area (Å²) in [5.41, 5.74) is 0. The van der Waals surface area contributed by atoms with Crippen LogP contribution in [0.15, 0.2) is 12.2 Å². The van der Waals surface area contributed by atoms with Gasteiger partial charge in [-0.05, 0) is 59.9 Å². The topological polar surface area (TPSA) is 72.1 Å². The summed E-state index contributed by atoms with van der Waals surface area (Å²) in [6.07, 6.45) is -20.3. The van der Waals surface area contributed by atoms with E-state index < -0.39 is 104 Å². The molecule has 59 heavy (non-hydrogen) atoms. The van der Waals surface area contributed by atoms with E-state index in [0.717, 1.165) is 0 Å². The van der Waals surface area contributed by atoms with Crippen molar-refractivity contribution < 1.29 is 134 Å². The normalized spacial score (nSPS) is 15.4. The van der Waals surface area contributed by atoms with E-state index >= 15 is 0 Å². The van der Waals surface area contributed by atoms with Gasteiger partial charge in [0.05, 0.1) is 39.3 Å². The predicted octanol–water partition coefficient (Wildman–Crippen LogP) is 7.26. The third kappa shape index (κ3) is 12.6. The third-order valence-corrected chi connectivity index (χ3v) is 8.99. The van der Waals surface area contributed by atoms with Crippen LogP contribution in [0.25, 0.3) is 0 Å². The minimum Gasteiger partial charge on any atom is -0.811 e. The van der Waals surface area contributed by atoms with E-state index in [9.17, 15) is 124 Å². The summed E-state index contributed by atoms with van der Waals surface area (Å²) in [4.78, 5) is 23.8. The average Bonchev–Trinajstić information content (AvgIpc) is 3.07. The van der Waals surface area contributed by atoms with Crippen molar-refractivity contribution in [2.75, 3.05) is 45.4 Å². The van der Waals surface area contributed by atoms with Gasteiger partial charge < -0.3 is 24.2 Å². The van der Waals surface area contributed by atoms with Gasteiger partial charge in [0.1, 0.15) is 0 Å². The average molecular weight is 957 g/mol. The summed E-state index contributed by atoms with van der Waals surface area (Å²) >= 11 is 0. The fourth-order valence-electron chi connectivity index (χ4n) is 3.97. The monoisotopic (exact) mass is 956 g/mol. The van der Waals surface area contributed by atoms with Crippen molar-refractivity contribution >= 4 is 7.60 Å². The largest absolute Gasteiger partial charge is 0.811 e. The number of alkyl halides is 25. The van der Waals surface area contributed by atoms with Gasteiger partial charge in [-0.1, -0.05) is 7.60 Å². The summed E-state index contributed by atoms with van der Waals surface area (Å²) in [6, 6.07) is 0. The molecule has 0 aromatic heterocycles. The Labute approximate surface area is 319 Å². The molecule has 5 nitrogen and oxygen atoms in total. The Morgan fingerprint density at radius 1 is 0.390 bits per heavy atom. The second kappa shape index (κ2) is 20.1. The number of halogens is 25. The summed E-state index contributed by atoms with van der Waals surface area (Å²) in [5.74, 6) is -91.2. The Morgan fingerprint density at radius 2 is 0.610 bits per heavy atom. The molecular formula is C28H38F25N2O3P. The van der Waals surface area contributed by atoms with E-state index in [2.05, 4.69) is 41.5 Å². The number of allylic oxidation sites excluding steroid dienone is 2. The van der Waals surface area contributed by atoms with Crippen molar-refractivity contribution in [2.45, 2.75) is 119 Å². The highest BCUT2D eigenvalue weighted by Crippen LogP contribution is 2.63. The smallest absolute Gasteiger partial charge is 0.460 e. The number of rotatable bonds is 20. The van der Waals surface area contributed by atoms with Crippen LogP contribution in [-0.2, 0) is 4.57 Å². The van der Waals surface area contributed by atoms with Crippen LogP contribution in [0.5, 0.6) is 0 Å². The molecule has 0 saturated heterocycles. The first kappa shape index (κ1) is 61.4. The van der Waals surface area contributed by atoms with Gasteiger partial charge in [0, 0.05) is 6.42 Å². The minimum absolute atomic E-state index is 1.27. The molecule has 0 amide bonds. The highest BCUT2D eigenvalue weighted by Gasteiger charge is 2.92. The molecule has 31 heteroatoms. The zero-order valence-corrected chi connectivity index (χ0v) is 31.8. The second-order valence-corrected chi connectivity index (χ2v) is 13.8. The van der Waals surface area contributed by atoms with Crippen LogP contribution in [0.1, 0.15) is 48.0 Å². The van der Waals surface area contributed by atoms with Gasteiger partial charge in [0.15, 0.2) is 0 Å². The zero-order valence-electron chi connectivity index (χ0n) is 30.9. The maximum Gasteiger partial charge on any atom is 0.460 e. The van der Waals surface area contributed by atoms with Gasteiger partial charge in [-0.15, -0.1) is 0 Å². The minimum atomic E-state index is -8.77. The summed E-state index contributed by atoms with van der Waals surface area (Å²) < 4.78 is 341. The fraction of sp³-hybridized carbons (Fsp3) is 0.929. The first-order valence-corrected chi connectivity index (χ1v) is 17.9. The molecule has 0 heterocycles. The van der Waals surface area contributed by atoms with Crippen molar-refractivity contribution in [1.29, 1.82) is 0 Å². The van der Waals surface area contributed by atoms with Crippen molar-refractivity contribution in [3.63, 3.8) is 0 Å². The molecule has 0 radical (unpaired) electrons. The molecular weight excluding hydrogens is 918 g/mol. The van der Waals surface area contributed by atoms with Crippen LogP contribution >= 0.6 is 7.60 Å². The zero-order chi connectivity index (χ0) is 48.7. The van der Waals surface area contributed by atoms with Crippen molar-refractivity contribution in [1.82, 2.24) is 0 Å². The fourth-order valence-corrected chi connectivity index (χ4v) is 4.52. The number of quaternary nitrogens is 2. The molecule has 358 valence electrons. The van der Waals surface area contributed by atoms with E-state index in [1.54, 1.807) is 9.80 Å². The number of hydrogen-bond acceptors (Lipinski definition) is 3. The molecule has 0 aliphatic carbocycles. The van der Waals surface area contributed by atoms with E-state index in [-0.39, 0.29) is 0 Å². The molecule has 0 unspecified atom stereocenters. The van der Waals surface area contributed by atoms with E-state index in [1.807, 2.05) is 0 Å². The Hall–Kier alpha value is -1.94. The van der Waals surface area contributed by atoms with Crippen LogP contribution in [0.4, 0.5) is 110 Å². The van der Waals surface area contributed by atoms with Crippen molar-refractivity contribution in [2.24, 2.45) is 0 Å². The van der Waals surface area contributed by atoms with E-state index in [1.165, 1.54) is 39.3 Å². The molecule has 0 aliphatic rings. The molecule has 0 spiro atoms. The Kier molecular flexibility index (Phi) is 20.9. The maximum atomic E-state index is 13.7.